The lowest BCUT2D eigenvalue weighted by atomic mass is 10.0. The lowest BCUT2D eigenvalue weighted by Gasteiger charge is -2.08. The van der Waals surface area contributed by atoms with Crippen molar-refractivity contribution in [2.24, 2.45) is 0 Å². The van der Waals surface area contributed by atoms with Crippen LogP contribution in [0.3, 0.4) is 0 Å². The van der Waals surface area contributed by atoms with E-state index in [0.29, 0.717) is 0 Å². The van der Waals surface area contributed by atoms with Crippen LogP contribution in [0.2, 0.25) is 0 Å². The lowest BCUT2D eigenvalue weighted by Crippen LogP contribution is -1.96. The first-order valence-electron chi connectivity index (χ1n) is 5.60. The van der Waals surface area contributed by atoms with E-state index in [9.17, 15) is 5.11 Å². The molecule has 0 bridgehead atoms. The van der Waals surface area contributed by atoms with Crippen LogP contribution in [-0.2, 0) is 6.42 Å². The normalized spacial score (nSPS) is 12.6. The van der Waals surface area contributed by atoms with Crippen molar-refractivity contribution in [3.05, 3.63) is 58.3 Å². The average Bonchev–Trinajstić information content (AvgIpc) is 2.84. The molecular formula is C14H16OS. The molecule has 1 aromatic heterocycles. The van der Waals surface area contributed by atoms with Crippen molar-refractivity contribution in [3.8, 4) is 0 Å². The van der Waals surface area contributed by atoms with E-state index in [1.54, 1.807) is 11.3 Å². The van der Waals surface area contributed by atoms with E-state index in [1.807, 2.05) is 22.9 Å². The fourth-order valence-corrected chi connectivity index (χ4v) is 2.48. The highest BCUT2D eigenvalue weighted by Crippen LogP contribution is 2.21. The third-order valence-electron chi connectivity index (χ3n) is 2.71. The Labute approximate surface area is 100 Å². The minimum absolute atomic E-state index is 0.296. The maximum atomic E-state index is 9.89. The number of benzene rings is 1. The summed E-state index contributed by atoms with van der Waals surface area (Å²) in [5.74, 6) is 0. The van der Waals surface area contributed by atoms with Gasteiger partial charge in [-0.25, -0.2) is 0 Å². The summed E-state index contributed by atoms with van der Waals surface area (Å²) in [6.45, 7) is 0. The summed E-state index contributed by atoms with van der Waals surface area (Å²) < 4.78 is 0. The Morgan fingerprint density at radius 2 is 1.94 bits per heavy atom. The molecule has 0 aliphatic rings. The Hall–Kier alpha value is -1.12. The van der Waals surface area contributed by atoms with Crippen LogP contribution in [-0.4, -0.2) is 5.11 Å². The fraction of sp³-hybridized carbons (Fsp3) is 0.286. The molecule has 2 rings (SSSR count). The van der Waals surface area contributed by atoms with Gasteiger partial charge in [-0.1, -0.05) is 30.3 Å². The minimum atomic E-state index is -0.296. The predicted octanol–water partition coefficient (Wildman–Crippen LogP) is 3.80. The molecule has 1 aromatic carbocycles. The number of hydrogen-bond acceptors (Lipinski definition) is 2. The van der Waals surface area contributed by atoms with E-state index in [1.165, 1.54) is 5.56 Å². The quantitative estimate of drug-likeness (QED) is 0.831. The van der Waals surface area contributed by atoms with E-state index >= 15 is 0 Å². The van der Waals surface area contributed by atoms with Crippen LogP contribution in [0.4, 0.5) is 0 Å². The molecule has 0 saturated heterocycles. The molecule has 16 heavy (non-hydrogen) atoms. The van der Waals surface area contributed by atoms with Crippen LogP contribution in [0.25, 0.3) is 0 Å². The zero-order valence-electron chi connectivity index (χ0n) is 9.17. The minimum Gasteiger partial charge on any atom is -0.388 e. The van der Waals surface area contributed by atoms with Crippen molar-refractivity contribution in [1.29, 1.82) is 0 Å². The number of aliphatic hydroxyl groups excluding tert-OH is 1. The van der Waals surface area contributed by atoms with E-state index in [0.717, 1.165) is 24.8 Å². The Morgan fingerprint density at radius 3 is 2.62 bits per heavy atom. The summed E-state index contributed by atoms with van der Waals surface area (Å²) in [6, 6.07) is 12.4. The lowest BCUT2D eigenvalue weighted by molar-refractivity contribution is 0.165. The zero-order chi connectivity index (χ0) is 11.2. The fourth-order valence-electron chi connectivity index (χ4n) is 1.78. The summed E-state index contributed by atoms with van der Waals surface area (Å²) in [7, 11) is 0. The Bertz CT molecular complexity index is 394. The molecule has 0 aliphatic heterocycles. The molecule has 1 heterocycles. The highest BCUT2D eigenvalue weighted by Gasteiger charge is 2.06. The van der Waals surface area contributed by atoms with Crippen LogP contribution in [0.5, 0.6) is 0 Å². The van der Waals surface area contributed by atoms with Gasteiger partial charge in [0.1, 0.15) is 0 Å². The summed E-state index contributed by atoms with van der Waals surface area (Å²) in [5, 5.41) is 13.9. The maximum absolute atomic E-state index is 9.89. The van der Waals surface area contributed by atoms with E-state index in [2.05, 4.69) is 24.3 Å². The number of hydrogen-bond donors (Lipinski definition) is 1. The molecule has 0 radical (unpaired) electrons. The molecule has 0 fully saturated rings. The Kier molecular flexibility index (Phi) is 4.14. The molecule has 1 atom stereocenters. The summed E-state index contributed by atoms with van der Waals surface area (Å²) in [4.78, 5) is 0. The van der Waals surface area contributed by atoms with Gasteiger partial charge in [0.2, 0.25) is 0 Å². The van der Waals surface area contributed by atoms with Gasteiger partial charge >= 0.3 is 0 Å². The molecule has 84 valence electrons. The van der Waals surface area contributed by atoms with Crippen LogP contribution in [0, 0.1) is 0 Å². The zero-order valence-corrected chi connectivity index (χ0v) is 9.99. The van der Waals surface area contributed by atoms with Gasteiger partial charge in [-0.15, -0.1) is 0 Å². The van der Waals surface area contributed by atoms with Crippen molar-refractivity contribution < 1.29 is 5.11 Å². The first kappa shape index (κ1) is 11.4. The van der Waals surface area contributed by atoms with Gasteiger partial charge in [0.25, 0.3) is 0 Å². The van der Waals surface area contributed by atoms with Gasteiger partial charge in [-0.3, -0.25) is 0 Å². The highest BCUT2D eigenvalue weighted by atomic mass is 32.1. The third kappa shape index (κ3) is 3.19. The van der Waals surface area contributed by atoms with Crippen LogP contribution < -0.4 is 0 Å². The third-order valence-corrected chi connectivity index (χ3v) is 3.42. The van der Waals surface area contributed by atoms with E-state index in [-0.39, 0.29) is 6.10 Å². The molecule has 1 unspecified atom stereocenters. The first-order chi connectivity index (χ1) is 7.86. The largest absolute Gasteiger partial charge is 0.388 e. The van der Waals surface area contributed by atoms with Gasteiger partial charge in [0, 0.05) is 0 Å². The average molecular weight is 232 g/mol. The van der Waals surface area contributed by atoms with Gasteiger partial charge in [0.15, 0.2) is 0 Å². The van der Waals surface area contributed by atoms with Crippen molar-refractivity contribution in [1.82, 2.24) is 0 Å². The van der Waals surface area contributed by atoms with Crippen LogP contribution in [0.1, 0.15) is 30.1 Å². The van der Waals surface area contributed by atoms with Crippen molar-refractivity contribution >= 4 is 11.3 Å². The smallest absolute Gasteiger partial charge is 0.0798 e. The summed E-state index contributed by atoms with van der Waals surface area (Å²) in [5.41, 5.74) is 2.40. The van der Waals surface area contributed by atoms with Gasteiger partial charge in [0.05, 0.1) is 6.10 Å². The van der Waals surface area contributed by atoms with Gasteiger partial charge in [-0.05, 0) is 47.2 Å². The molecule has 0 spiro atoms. The molecule has 0 amide bonds. The Balaban J connectivity index is 1.76. The second-order valence-electron chi connectivity index (χ2n) is 3.95. The predicted molar refractivity (Wildman–Crippen MR) is 68.7 cm³/mol. The van der Waals surface area contributed by atoms with Crippen LogP contribution in [0.15, 0.2) is 47.2 Å². The summed E-state index contributed by atoms with van der Waals surface area (Å²) in [6.07, 6.45) is 2.62. The second-order valence-corrected chi connectivity index (χ2v) is 4.73. The number of thiophene rings is 1. The number of rotatable bonds is 5. The maximum Gasteiger partial charge on any atom is 0.0798 e. The SMILES string of the molecule is OC(CCCc1ccccc1)c1ccsc1. The van der Waals surface area contributed by atoms with Crippen molar-refractivity contribution in [2.45, 2.75) is 25.4 Å². The molecule has 2 heteroatoms. The molecule has 0 saturated carbocycles. The number of aliphatic hydroxyl groups is 1. The monoisotopic (exact) mass is 232 g/mol. The highest BCUT2D eigenvalue weighted by molar-refractivity contribution is 7.07. The van der Waals surface area contributed by atoms with Crippen molar-refractivity contribution in [3.63, 3.8) is 0 Å². The molecule has 1 nitrogen and oxygen atoms in total. The topological polar surface area (TPSA) is 20.2 Å². The molecule has 0 aliphatic carbocycles. The van der Waals surface area contributed by atoms with Gasteiger partial charge < -0.3 is 5.11 Å². The van der Waals surface area contributed by atoms with E-state index in [4.69, 9.17) is 0 Å². The summed E-state index contributed by atoms with van der Waals surface area (Å²) >= 11 is 1.64. The second kappa shape index (κ2) is 5.83. The molecule has 1 N–H and O–H groups in total. The first-order valence-corrected chi connectivity index (χ1v) is 6.54. The molecule has 2 aromatic rings. The Morgan fingerprint density at radius 1 is 1.12 bits per heavy atom. The standard InChI is InChI=1S/C14H16OS/c15-14(13-9-10-16-11-13)8-4-7-12-5-2-1-3-6-12/h1-3,5-6,9-11,14-15H,4,7-8H2. The van der Waals surface area contributed by atoms with Gasteiger partial charge in [-0.2, -0.15) is 11.3 Å². The molecular weight excluding hydrogens is 216 g/mol. The van der Waals surface area contributed by atoms with Crippen LogP contribution >= 0.6 is 11.3 Å². The van der Waals surface area contributed by atoms with E-state index < -0.39 is 0 Å². The van der Waals surface area contributed by atoms with Crippen molar-refractivity contribution in [2.75, 3.05) is 0 Å². The number of aryl methyl sites for hydroxylation is 1.